The molecule has 0 bridgehead atoms. The molecule has 0 fully saturated rings. The molecule has 1 heterocycles. The van der Waals surface area contributed by atoms with Crippen LogP contribution in [0.5, 0.6) is 0 Å². The van der Waals surface area contributed by atoms with Crippen molar-refractivity contribution in [2.75, 3.05) is 11.9 Å². The van der Waals surface area contributed by atoms with Crippen molar-refractivity contribution >= 4 is 28.4 Å². The highest BCUT2D eigenvalue weighted by molar-refractivity contribution is 5.95. The zero-order chi connectivity index (χ0) is 21.1. The molecule has 0 saturated heterocycles. The molecular weight excluding hydrogens is 368 g/mol. The van der Waals surface area contributed by atoms with Gasteiger partial charge in [0.2, 0.25) is 11.8 Å². The third kappa shape index (κ3) is 4.51. The third-order valence-electron chi connectivity index (χ3n) is 4.76. The molecule has 0 aliphatic heterocycles. The number of amides is 2. The van der Waals surface area contributed by atoms with Crippen LogP contribution < -0.4 is 16.2 Å². The molecule has 0 aliphatic carbocycles. The van der Waals surface area contributed by atoms with Gasteiger partial charge in [-0.2, -0.15) is 0 Å². The van der Waals surface area contributed by atoms with E-state index in [1.54, 1.807) is 12.1 Å². The Morgan fingerprint density at radius 2 is 1.69 bits per heavy atom. The molecule has 0 spiro atoms. The van der Waals surface area contributed by atoms with E-state index in [1.165, 1.54) is 10.9 Å². The van der Waals surface area contributed by atoms with Gasteiger partial charge in [-0.3, -0.25) is 19.0 Å². The number of rotatable bonds is 5. The van der Waals surface area contributed by atoms with E-state index in [1.807, 2.05) is 45.9 Å². The van der Waals surface area contributed by atoms with Crippen molar-refractivity contribution in [1.29, 1.82) is 0 Å². The fraction of sp³-hybridized carbons (Fsp3) is 0.273. The molecule has 0 atom stereocenters. The van der Waals surface area contributed by atoms with Crippen LogP contribution in [0.1, 0.15) is 22.3 Å². The Bertz CT molecular complexity index is 1140. The van der Waals surface area contributed by atoms with Crippen LogP contribution in [-0.2, 0) is 16.1 Å². The van der Waals surface area contributed by atoms with Gasteiger partial charge in [-0.1, -0.05) is 29.8 Å². The van der Waals surface area contributed by atoms with E-state index in [2.05, 4.69) is 15.6 Å². The van der Waals surface area contributed by atoms with E-state index in [-0.39, 0.29) is 24.6 Å². The highest BCUT2D eigenvalue weighted by Gasteiger charge is 2.12. The Morgan fingerprint density at radius 3 is 2.38 bits per heavy atom. The van der Waals surface area contributed by atoms with Crippen molar-refractivity contribution in [3.8, 4) is 0 Å². The molecule has 0 unspecified atom stereocenters. The Morgan fingerprint density at radius 1 is 1.00 bits per heavy atom. The summed E-state index contributed by atoms with van der Waals surface area (Å²) < 4.78 is 1.24. The highest BCUT2D eigenvalue weighted by atomic mass is 16.2. The second kappa shape index (κ2) is 8.26. The second-order valence-corrected chi connectivity index (χ2v) is 7.25. The summed E-state index contributed by atoms with van der Waals surface area (Å²) in [6, 6.07) is 9.32. The standard InChI is InChI=1S/C22H24N4O3/c1-13-8-15(3)20(16(4)9-13)25-18(27)10-23-19(28)11-26-12-24-21-14(2)6-5-7-17(21)22(26)29/h5-9,12H,10-11H2,1-4H3,(H,23,28)(H,25,27). The van der Waals surface area contributed by atoms with E-state index >= 15 is 0 Å². The number of carbonyl (C=O) groups excluding carboxylic acids is 2. The largest absolute Gasteiger partial charge is 0.345 e. The van der Waals surface area contributed by atoms with E-state index in [0.717, 1.165) is 27.9 Å². The average molecular weight is 392 g/mol. The second-order valence-electron chi connectivity index (χ2n) is 7.25. The van der Waals surface area contributed by atoms with Gasteiger partial charge in [-0.15, -0.1) is 0 Å². The number of anilines is 1. The van der Waals surface area contributed by atoms with Crippen LogP contribution in [0.3, 0.4) is 0 Å². The van der Waals surface area contributed by atoms with Crippen molar-refractivity contribution in [1.82, 2.24) is 14.9 Å². The minimum absolute atomic E-state index is 0.180. The molecule has 3 rings (SSSR count). The molecule has 7 heteroatoms. The van der Waals surface area contributed by atoms with Gasteiger partial charge in [0.05, 0.1) is 23.8 Å². The van der Waals surface area contributed by atoms with Crippen molar-refractivity contribution in [2.24, 2.45) is 0 Å². The maximum atomic E-state index is 12.6. The topological polar surface area (TPSA) is 93.1 Å². The van der Waals surface area contributed by atoms with Gasteiger partial charge < -0.3 is 10.6 Å². The lowest BCUT2D eigenvalue weighted by atomic mass is 10.1. The molecule has 29 heavy (non-hydrogen) atoms. The van der Waals surface area contributed by atoms with Crippen LogP contribution in [0.25, 0.3) is 10.9 Å². The molecule has 0 saturated carbocycles. The first kappa shape index (κ1) is 20.3. The van der Waals surface area contributed by atoms with Gasteiger partial charge in [0.1, 0.15) is 6.54 Å². The van der Waals surface area contributed by atoms with E-state index in [4.69, 9.17) is 0 Å². The Hall–Kier alpha value is -3.48. The highest BCUT2D eigenvalue weighted by Crippen LogP contribution is 2.21. The summed E-state index contributed by atoms with van der Waals surface area (Å²) in [5.74, 6) is -0.763. The number of nitrogens with one attached hydrogen (secondary N) is 2. The van der Waals surface area contributed by atoms with Crippen LogP contribution in [0, 0.1) is 27.7 Å². The summed E-state index contributed by atoms with van der Waals surface area (Å²) in [4.78, 5) is 41.3. The smallest absolute Gasteiger partial charge is 0.261 e. The minimum Gasteiger partial charge on any atom is -0.345 e. The molecule has 2 N–H and O–H groups in total. The lowest BCUT2D eigenvalue weighted by molar-refractivity contribution is -0.124. The predicted octanol–water partition coefficient (Wildman–Crippen LogP) is 2.39. The van der Waals surface area contributed by atoms with E-state index < -0.39 is 5.91 Å². The quantitative estimate of drug-likeness (QED) is 0.697. The first-order valence-corrected chi connectivity index (χ1v) is 9.35. The first-order chi connectivity index (χ1) is 13.8. The maximum absolute atomic E-state index is 12.6. The molecular formula is C22H24N4O3. The van der Waals surface area contributed by atoms with Gasteiger partial charge in [-0.25, -0.2) is 4.98 Å². The maximum Gasteiger partial charge on any atom is 0.261 e. The summed E-state index contributed by atoms with van der Waals surface area (Å²) in [6.45, 7) is 7.34. The summed E-state index contributed by atoms with van der Waals surface area (Å²) in [7, 11) is 0. The molecule has 0 aliphatic rings. The monoisotopic (exact) mass is 392 g/mol. The Labute approximate surface area is 168 Å². The van der Waals surface area contributed by atoms with Crippen LogP contribution in [0.2, 0.25) is 0 Å². The predicted molar refractivity (Wildman–Crippen MR) is 113 cm³/mol. The molecule has 150 valence electrons. The van der Waals surface area contributed by atoms with Crippen LogP contribution in [0.4, 0.5) is 5.69 Å². The number of aryl methyl sites for hydroxylation is 4. The number of benzene rings is 2. The Balaban J connectivity index is 1.63. The van der Waals surface area contributed by atoms with Gasteiger partial charge in [0.25, 0.3) is 5.56 Å². The van der Waals surface area contributed by atoms with Gasteiger partial charge >= 0.3 is 0 Å². The summed E-state index contributed by atoms with van der Waals surface area (Å²) in [5.41, 5.74) is 5.03. The normalized spacial score (nSPS) is 10.8. The number of fused-ring (bicyclic) bond motifs is 1. The molecule has 3 aromatic rings. The molecule has 1 aromatic heterocycles. The number of hydrogen-bond donors (Lipinski definition) is 2. The van der Waals surface area contributed by atoms with Crippen LogP contribution in [0.15, 0.2) is 41.5 Å². The van der Waals surface area contributed by atoms with Gasteiger partial charge in [0, 0.05) is 5.69 Å². The third-order valence-corrected chi connectivity index (χ3v) is 4.76. The number of nitrogens with zero attached hydrogens (tertiary/aromatic N) is 2. The zero-order valence-electron chi connectivity index (χ0n) is 17.0. The first-order valence-electron chi connectivity index (χ1n) is 9.35. The van der Waals surface area contributed by atoms with E-state index in [0.29, 0.717) is 10.9 Å². The average Bonchev–Trinajstić information content (AvgIpc) is 2.66. The minimum atomic E-state index is -0.437. The SMILES string of the molecule is Cc1cc(C)c(NC(=O)CNC(=O)Cn2cnc3c(C)cccc3c2=O)c(C)c1. The summed E-state index contributed by atoms with van der Waals surface area (Å²) >= 11 is 0. The molecule has 0 radical (unpaired) electrons. The number of hydrogen-bond acceptors (Lipinski definition) is 4. The van der Waals surface area contributed by atoms with E-state index in [9.17, 15) is 14.4 Å². The lowest BCUT2D eigenvalue weighted by Gasteiger charge is -2.13. The van der Waals surface area contributed by atoms with Crippen molar-refractivity contribution in [3.05, 3.63) is 69.3 Å². The molecule has 7 nitrogen and oxygen atoms in total. The Kier molecular flexibility index (Phi) is 5.77. The molecule has 2 aromatic carbocycles. The van der Waals surface area contributed by atoms with Gasteiger partial charge in [-0.05, 0) is 50.5 Å². The van der Waals surface area contributed by atoms with Crippen molar-refractivity contribution < 1.29 is 9.59 Å². The van der Waals surface area contributed by atoms with Crippen molar-refractivity contribution in [2.45, 2.75) is 34.2 Å². The summed E-state index contributed by atoms with van der Waals surface area (Å²) in [6.07, 6.45) is 1.36. The fourth-order valence-electron chi connectivity index (χ4n) is 3.40. The number of aromatic nitrogens is 2. The fourth-order valence-corrected chi connectivity index (χ4v) is 3.40. The van der Waals surface area contributed by atoms with Crippen LogP contribution >= 0.6 is 0 Å². The van der Waals surface area contributed by atoms with Crippen molar-refractivity contribution in [3.63, 3.8) is 0 Å². The van der Waals surface area contributed by atoms with Gasteiger partial charge in [0.15, 0.2) is 0 Å². The number of carbonyl (C=O) groups is 2. The van der Waals surface area contributed by atoms with Crippen LogP contribution in [-0.4, -0.2) is 27.9 Å². The number of para-hydroxylation sites is 1. The molecule has 2 amide bonds. The zero-order valence-corrected chi connectivity index (χ0v) is 17.0. The summed E-state index contributed by atoms with van der Waals surface area (Å²) in [5, 5.41) is 5.84. The lowest BCUT2D eigenvalue weighted by Crippen LogP contribution is -2.37.